The normalized spacial score (nSPS) is 18.5. The van der Waals surface area contributed by atoms with Crippen LogP contribution in [0.15, 0.2) is 46.4 Å². The van der Waals surface area contributed by atoms with Crippen LogP contribution >= 0.6 is 11.3 Å². The summed E-state index contributed by atoms with van der Waals surface area (Å²) in [5, 5.41) is 2.93. The molecular weight excluding hydrogens is 406 g/mol. The lowest BCUT2D eigenvalue weighted by atomic mass is 9.99. The van der Waals surface area contributed by atoms with Crippen LogP contribution in [0.1, 0.15) is 42.2 Å². The van der Waals surface area contributed by atoms with E-state index >= 15 is 0 Å². The highest BCUT2D eigenvalue weighted by Gasteiger charge is 2.35. The number of hydrogen-bond donors (Lipinski definition) is 0. The molecule has 1 fully saturated rings. The Hall–Kier alpha value is -2.12. The Balaban J connectivity index is 1.61. The van der Waals surface area contributed by atoms with Crippen molar-refractivity contribution >= 4 is 38.1 Å². The lowest BCUT2D eigenvalue weighted by Crippen LogP contribution is -2.41. The van der Waals surface area contributed by atoms with Gasteiger partial charge in [-0.05, 0) is 41.5 Å². The maximum Gasteiger partial charge on any atom is 0.227 e. The predicted octanol–water partition coefficient (Wildman–Crippen LogP) is 4.38. The van der Waals surface area contributed by atoms with Gasteiger partial charge in [0.05, 0.1) is 30.7 Å². The van der Waals surface area contributed by atoms with E-state index < -0.39 is 9.84 Å². The standard InChI is InChI=1S/C22H25NO4S2/c1-15(2)16-5-6-21-20(10-16)17(13-27-21)11-22(24)23(12-19-4-3-8-28-19)18-7-9-29(25,26)14-18/h3-6,8,10,13,15,18H,7,9,11-12,14H2,1-2H3. The minimum atomic E-state index is -3.07. The quantitative estimate of drug-likeness (QED) is 0.581. The average Bonchev–Trinajstić information content (AvgIpc) is 3.40. The fourth-order valence-corrected chi connectivity index (χ4v) is 6.31. The summed E-state index contributed by atoms with van der Waals surface area (Å²) in [6.07, 6.45) is 2.36. The van der Waals surface area contributed by atoms with Gasteiger partial charge >= 0.3 is 0 Å². The molecule has 1 atom stereocenters. The molecule has 3 aromatic rings. The lowest BCUT2D eigenvalue weighted by Gasteiger charge is -2.28. The van der Waals surface area contributed by atoms with E-state index in [0.29, 0.717) is 18.9 Å². The monoisotopic (exact) mass is 431 g/mol. The molecule has 3 heterocycles. The first kappa shape index (κ1) is 20.2. The van der Waals surface area contributed by atoms with Gasteiger partial charge in [-0.3, -0.25) is 4.79 Å². The molecule has 1 unspecified atom stereocenters. The van der Waals surface area contributed by atoms with E-state index in [9.17, 15) is 13.2 Å². The molecule has 1 saturated heterocycles. The molecule has 1 aromatic carbocycles. The number of sulfone groups is 1. The van der Waals surface area contributed by atoms with Crippen LogP contribution < -0.4 is 0 Å². The highest BCUT2D eigenvalue weighted by molar-refractivity contribution is 7.91. The van der Waals surface area contributed by atoms with Gasteiger partial charge in [0.15, 0.2) is 9.84 Å². The summed E-state index contributed by atoms with van der Waals surface area (Å²) in [4.78, 5) is 16.1. The van der Waals surface area contributed by atoms with Gasteiger partial charge in [-0.2, -0.15) is 0 Å². The highest BCUT2D eigenvalue weighted by Crippen LogP contribution is 2.28. The number of thiophene rings is 1. The van der Waals surface area contributed by atoms with Crippen LogP contribution in [0, 0.1) is 0 Å². The Bertz CT molecular complexity index is 1110. The van der Waals surface area contributed by atoms with Crippen molar-refractivity contribution in [2.75, 3.05) is 11.5 Å². The molecule has 29 heavy (non-hydrogen) atoms. The zero-order valence-corrected chi connectivity index (χ0v) is 18.3. The number of rotatable bonds is 6. The number of amides is 1. The first-order valence-electron chi connectivity index (χ1n) is 9.85. The van der Waals surface area contributed by atoms with Gasteiger partial charge in [-0.25, -0.2) is 8.42 Å². The molecule has 0 radical (unpaired) electrons. The van der Waals surface area contributed by atoms with E-state index in [1.807, 2.05) is 23.6 Å². The molecule has 5 nitrogen and oxygen atoms in total. The second-order valence-corrected chi connectivity index (χ2v) is 11.3. The van der Waals surface area contributed by atoms with E-state index in [4.69, 9.17) is 4.42 Å². The fourth-order valence-electron chi connectivity index (χ4n) is 3.87. The maximum atomic E-state index is 13.3. The minimum Gasteiger partial charge on any atom is -0.464 e. The van der Waals surface area contributed by atoms with Gasteiger partial charge in [0.1, 0.15) is 5.58 Å². The minimum absolute atomic E-state index is 0.0494. The Morgan fingerprint density at radius 2 is 2.14 bits per heavy atom. The van der Waals surface area contributed by atoms with Gasteiger partial charge in [0.25, 0.3) is 0 Å². The van der Waals surface area contributed by atoms with Crippen LogP contribution in [0.2, 0.25) is 0 Å². The van der Waals surface area contributed by atoms with E-state index in [2.05, 4.69) is 26.0 Å². The molecule has 0 aliphatic carbocycles. The van der Waals surface area contributed by atoms with Gasteiger partial charge in [0, 0.05) is 21.9 Å². The van der Waals surface area contributed by atoms with Crippen molar-refractivity contribution < 1.29 is 17.6 Å². The van der Waals surface area contributed by atoms with Crippen molar-refractivity contribution in [1.29, 1.82) is 0 Å². The topological polar surface area (TPSA) is 67.6 Å². The summed E-state index contributed by atoms with van der Waals surface area (Å²) in [6, 6.07) is 9.76. The molecule has 0 bridgehead atoms. The van der Waals surface area contributed by atoms with Gasteiger partial charge in [-0.15, -0.1) is 11.3 Å². The summed E-state index contributed by atoms with van der Waals surface area (Å²) >= 11 is 1.58. The smallest absolute Gasteiger partial charge is 0.227 e. The zero-order chi connectivity index (χ0) is 20.6. The zero-order valence-electron chi connectivity index (χ0n) is 16.6. The van der Waals surface area contributed by atoms with E-state index in [0.717, 1.165) is 21.4 Å². The summed E-state index contributed by atoms with van der Waals surface area (Å²) in [7, 11) is -3.07. The first-order valence-corrected chi connectivity index (χ1v) is 12.5. The van der Waals surface area contributed by atoms with Crippen LogP contribution in [0.5, 0.6) is 0 Å². The molecule has 0 saturated carbocycles. The first-order chi connectivity index (χ1) is 13.8. The maximum absolute atomic E-state index is 13.3. The molecule has 1 aliphatic rings. The Kier molecular flexibility index (Phi) is 5.53. The second-order valence-electron chi connectivity index (χ2n) is 8.01. The molecular formula is C22H25NO4S2. The predicted molar refractivity (Wildman–Crippen MR) is 116 cm³/mol. The van der Waals surface area contributed by atoms with Crippen LogP contribution in [-0.2, 0) is 27.6 Å². The number of nitrogens with zero attached hydrogens (tertiary/aromatic N) is 1. The largest absolute Gasteiger partial charge is 0.464 e. The van der Waals surface area contributed by atoms with Crippen LogP contribution in [-0.4, -0.2) is 36.8 Å². The van der Waals surface area contributed by atoms with Crippen LogP contribution in [0.4, 0.5) is 0 Å². The van der Waals surface area contributed by atoms with Crippen molar-refractivity contribution in [2.24, 2.45) is 0 Å². The number of carbonyl (C=O) groups is 1. The summed E-state index contributed by atoms with van der Waals surface area (Å²) in [5.74, 6) is 0.529. The Morgan fingerprint density at radius 3 is 2.79 bits per heavy atom. The van der Waals surface area contributed by atoms with Crippen molar-refractivity contribution in [1.82, 2.24) is 4.90 Å². The third kappa shape index (κ3) is 4.41. The van der Waals surface area contributed by atoms with Crippen molar-refractivity contribution in [3.63, 3.8) is 0 Å². The number of fused-ring (bicyclic) bond motifs is 1. The van der Waals surface area contributed by atoms with Crippen LogP contribution in [0.3, 0.4) is 0 Å². The van der Waals surface area contributed by atoms with E-state index in [1.54, 1.807) is 22.5 Å². The third-order valence-corrected chi connectivity index (χ3v) is 8.17. The summed E-state index contributed by atoms with van der Waals surface area (Å²) in [5.41, 5.74) is 2.82. The Morgan fingerprint density at radius 1 is 1.31 bits per heavy atom. The Labute approximate surface area is 175 Å². The van der Waals surface area contributed by atoms with E-state index in [-0.39, 0.29) is 29.9 Å². The van der Waals surface area contributed by atoms with E-state index in [1.165, 1.54) is 5.56 Å². The number of furan rings is 1. The van der Waals surface area contributed by atoms with Crippen molar-refractivity contribution in [3.05, 3.63) is 58.0 Å². The number of carbonyl (C=O) groups excluding carboxylic acids is 1. The molecule has 154 valence electrons. The highest BCUT2D eigenvalue weighted by atomic mass is 32.2. The molecule has 0 N–H and O–H groups in total. The molecule has 2 aromatic heterocycles. The fraction of sp³-hybridized carbons (Fsp3) is 0.409. The van der Waals surface area contributed by atoms with Gasteiger partial charge in [-0.1, -0.05) is 26.0 Å². The molecule has 1 amide bonds. The SMILES string of the molecule is CC(C)c1ccc2occ(CC(=O)N(Cc3cccs3)C3CCS(=O)(=O)C3)c2c1. The molecule has 7 heteroatoms. The second kappa shape index (κ2) is 7.95. The molecule has 1 aliphatic heterocycles. The number of benzene rings is 1. The molecule has 0 spiro atoms. The van der Waals surface area contributed by atoms with Crippen LogP contribution in [0.25, 0.3) is 11.0 Å². The van der Waals surface area contributed by atoms with Gasteiger partial charge < -0.3 is 9.32 Å². The summed E-state index contributed by atoms with van der Waals surface area (Å²) < 4.78 is 29.7. The van der Waals surface area contributed by atoms with Gasteiger partial charge in [0.2, 0.25) is 5.91 Å². The number of hydrogen-bond acceptors (Lipinski definition) is 5. The molecule has 4 rings (SSSR count). The lowest BCUT2D eigenvalue weighted by molar-refractivity contribution is -0.133. The third-order valence-electron chi connectivity index (χ3n) is 5.56. The van der Waals surface area contributed by atoms with Crippen molar-refractivity contribution in [2.45, 2.75) is 45.2 Å². The summed E-state index contributed by atoms with van der Waals surface area (Å²) in [6.45, 7) is 4.72. The average molecular weight is 432 g/mol. The van der Waals surface area contributed by atoms with Crippen molar-refractivity contribution in [3.8, 4) is 0 Å².